The summed E-state index contributed by atoms with van der Waals surface area (Å²) in [5.41, 5.74) is 2.15. The summed E-state index contributed by atoms with van der Waals surface area (Å²) in [5, 5.41) is 2.57. The Hall–Kier alpha value is -1.73. The van der Waals surface area contributed by atoms with Crippen LogP contribution in [-0.4, -0.2) is 46.6 Å². The number of amides is 1. The van der Waals surface area contributed by atoms with Crippen LogP contribution in [0, 0.1) is 0 Å². The van der Waals surface area contributed by atoms with E-state index in [1.165, 1.54) is 11.8 Å². The van der Waals surface area contributed by atoms with E-state index in [0.29, 0.717) is 6.10 Å². The zero-order chi connectivity index (χ0) is 21.2. The number of fused-ring (bicyclic) bond motifs is 1. The van der Waals surface area contributed by atoms with E-state index < -0.39 is 0 Å². The first-order chi connectivity index (χ1) is 14.0. The number of thioether (sulfide) groups is 1. The van der Waals surface area contributed by atoms with Crippen LogP contribution in [0.5, 0.6) is 6.01 Å². The van der Waals surface area contributed by atoms with Crippen LogP contribution < -0.4 is 10.1 Å². The molecule has 1 N–H and O–H groups in total. The highest BCUT2D eigenvalue weighted by Crippen LogP contribution is 2.29. The molecule has 3 rings (SSSR count). The Morgan fingerprint density at radius 3 is 2.48 bits per heavy atom. The molecule has 0 unspecified atom stereocenters. The lowest BCUT2D eigenvalue weighted by molar-refractivity contribution is -0.118. The molecular formula is C22H37N3O3S. The zero-order valence-corrected chi connectivity index (χ0v) is 19.2. The summed E-state index contributed by atoms with van der Waals surface area (Å²) in [6.45, 7) is 9.16. The Labute approximate surface area is 180 Å². The minimum absolute atomic E-state index is 0. The van der Waals surface area contributed by atoms with Crippen LogP contribution in [-0.2, 0) is 16.6 Å². The molecule has 1 saturated carbocycles. The van der Waals surface area contributed by atoms with Gasteiger partial charge in [-0.25, -0.2) is 0 Å². The number of hydrogen-bond acceptors (Lipinski definition) is 5. The van der Waals surface area contributed by atoms with E-state index >= 15 is 0 Å². The van der Waals surface area contributed by atoms with Crippen molar-refractivity contribution in [2.45, 2.75) is 70.5 Å². The standard InChI is InChI=1S/C18H26N2O2S.C4H9NO.H2/c1-4-21-13-6-8-14(9-7-13)22-18-19-16-11-10-15(23-5-2)12-17(16)20(18)3;1-3-5-4(2)6;/h10-14H,4-9H2,1-3H3;3H2,1-2H3,(H,5,6);1H. The van der Waals surface area contributed by atoms with Crippen molar-refractivity contribution >= 4 is 28.7 Å². The molecule has 0 bridgehead atoms. The van der Waals surface area contributed by atoms with Gasteiger partial charge in [-0.3, -0.25) is 9.36 Å². The third kappa shape index (κ3) is 7.23. The Morgan fingerprint density at radius 2 is 1.93 bits per heavy atom. The number of imidazole rings is 1. The monoisotopic (exact) mass is 423 g/mol. The fourth-order valence-electron chi connectivity index (χ4n) is 3.46. The molecule has 0 aliphatic heterocycles. The van der Waals surface area contributed by atoms with Gasteiger partial charge in [-0.2, -0.15) is 4.98 Å². The predicted octanol–water partition coefficient (Wildman–Crippen LogP) is 4.80. The largest absolute Gasteiger partial charge is 0.461 e. The maximum atomic E-state index is 9.93. The molecule has 7 heteroatoms. The SMILES string of the molecule is CCNC(C)=O.CCOC1CCC(Oc2nc3ccc(SCC)cc3n2C)CC1.[HH]. The van der Waals surface area contributed by atoms with Crippen molar-refractivity contribution in [3.8, 4) is 6.01 Å². The fourth-order valence-corrected chi connectivity index (χ4v) is 4.15. The minimum atomic E-state index is 0. The molecule has 6 nitrogen and oxygen atoms in total. The molecule has 1 aromatic heterocycles. The highest BCUT2D eigenvalue weighted by Gasteiger charge is 2.24. The van der Waals surface area contributed by atoms with E-state index in [1.807, 2.05) is 25.7 Å². The minimum Gasteiger partial charge on any atom is -0.461 e. The number of carbonyl (C=O) groups is 1. The summed E-state index contributed by atoms with van der Waals surface area (Å²) in [6.07, 6.45) is 4.93. The maximum Gasteiger partial charge on any atom is 0.297 e. The highest BCUT2D eigenvalue weighted by atomic mass is 32.2. The zero-order valence-electron chi connectivity index (χ0n) is 18.4. The van der Waals surface area contributed by atoms with Crippen molar-refractivity contribution in [3.05, 3.63) is 18.2 Å². The number of aromatic nitrogens is 2. The molecule has 29 heavy (non-hydrogen) atoms. The molecule has 1 aliphatic rings. The van der Waals surface area contributed by atoms with Crippen LogP contribution in [0.4, 0.5) is 0 Å². The van der Waals surface area contributed by atoms with Gasteiger partial charge in [0, 0.05) is 33.4 Å². The third-order valence-corrected chi connectivity index (χ3v) is 5.72. The van der Waals surface area contributed by atoms with E-state index in [0.717, 1.165) is 61.6 Å². The smallest absolute Gasteiger partial charge is 0.297 e. The van der Waals surface area contributed by atoms with Crippen molar-refractivity contribution in [1.29, 1.82) is 0 Å². The fraction of sp³-hybridized carbons (Fsp3) is 0.636. The van der Waals surface area contributed by atoms with Gasteiger partial charge < -0.3 is 14.8 Å². The van der Waals surface area contributed by atoms with Gasteiger partial charge in [0.2, 0.25) is 5.91 Å². The Bertz CT molecular complexity index is 776. The number of aryl methyl sites for hydroxylation is 1. The van der Waals surface area contributed by atoms with Crippen LogP contribution in [0.1, 0.15) is 54.8 Å². The van der Waals surface area contributed by atoms with Gasteiger partial charge in [-0.15, -0.1) is 11.8 Å². The molecule has 0 radical (unpaired) electrons. The second-order valence-corrected chi connectivity index (χ2v) is 8.43. The Kier molecular flexibility index (Phi) is 9.81. The summed E-state index contributed by atoms with van der Waals surface area (Å²) < 4.78 is 14.0. The second-order valence-electron chi connectivity index (χ2n) is 7.10. The van der Waals surface area contributed by atoms with Crippen molar-refractivity contribution < 1.29 is 15.7 Å². The Morgan fingerprint density at radius 1 is 1.24 bits per heavy atom. The molecule has 164 valence electrons. The normalized spacial score (nSPS) is 18.8. The van der Waals surface area contributed by atoms with Gasteiger partial charge in [0.15, 0.2) is 0 Å². The summed E-state index contributed by atoms with van der Waals surface area (Å²) in [7, 11) is 2.04. The first-order valence-corrected chi connectivity index (χ1v) is 11.6. The lowest BCUT2D eigenvalue weighted by Crippen LogP contribution is -2.29. The van der Waals surface area contributed by atoms with Crippen LogP contribution in [0.2, 0.25) is 0 Å². The lowest BCUT2D eigenvalue weighted by atomic mass is 9.95. The number of rotatable bonds is 7. The van der Waals surface area contributed by atoms with E-state index in [2.05, 4.69) is 46.9 Å². The number of ether oxygens (including phenoxy) is 2. The van der Waals surface area contributed by atoms with E-state index in [4.69, 9.17) is 9.47 Å². The Balaban J connectivity index is 0.000000567. The molecule has 0 saturated heterocycles. The average Bonchev–Trinajstić information content (AvgIpc) is 3.00. The summed E-state index contributed by atoms with van der Waals surface area (Å²) >= 11 is 1.85. The number of hydrogen-bond donors (Lipinski definition) is 1. The van der Waals surface area contributed by atoms with Gasteiger partial charge in [0.25, 0.3) is 6.01 Å². The average molecular weight is 424 g/mol. The van der Waals surface area contributed by atoms with Crippen LogP contribution in [0.25, 0.3) is 11.0 Å². The van der Waals surface area contributed by atoms with Crippen LogP contribution in [0.15, 0.2) is 23.1 Å². The molecule has 2 aromatic rings. The van der Waals surface area contributed by atoms with Gasteiger partial charge in [0.1, 0.15) is 6.10 Å². The van der Waals surface area contributed by atoms with Crippen molar-refractivity contribution in [2.24, 2.45) is 7.05 Å². The molecule has 1 aliphatic carbocycles. The van der Waals surface area contributed by atoms with Gasteiger partial charge in [0.05, 0.1) is 17.1 Å². The topological polar surface area (TPSA) is 65.4 Å². The summed E-state index contributed by atoms with van der Waals surface area (Å²) in [5.74, 6) is 1.12. The van der Waals surface area contributed by atoms with Crippen molar-refractivity contribution in [1.82, 2.24) is 14.9 Å². The quantitative estimate of drug-likeness (QED) is 0.648. The summed E-state index contributed by atoms with van der Waals surface area (Å²) in [6, 6.07) is 7.17. The molecule has 1 amide bonds. The van der Waals surface area contributed by atoms with Crippen molar-refractivity contribution in [2.75, 3.05) is 18.9 Å². The first kappa shape index (κ1) is 23.5. The highest BCUT2D eigenvalue weighted by molar-refractivity contribution is 7.99. The van der Waals surface area contributed by atoms with Crippen LogP contribution >= 0.6 is 11.8 Å². The van der Waals surface area contributed by atoms with Crippen molar-refractivity contribution in [3.63, 3.8) is 0 Å². The number of benzene rings is 1. The molecular weight excluding hydrogens is 386 g/mol. The first-order valence-electron chi connectivity index (χ1n) is 10.6. The third-order valence-electron chi connectivity index (χ3n) is 4.84. The number of nitrogens with zero attached hydrogens (tertiary/aromatic N) is 2. The molecule has 0 spiro atoms. The van der Waals surface area contributed by atoms with Gasteiger partial charge >= 0.3 is 0 Å². The van der Waals surface area contributed by atoms with Crippen LogP contribution in [0.3, 0.4) is 0 Å². The van der Waals surface area contributed by atoms with Gasteiger partial charge in [-0.1, -0.05) is 6.92 Å². The second kappa shape index (κ2) is 12.1. The number of nitrogens with one attached hydrogen (secondary N) is 1. The lowest BCUT2D eigenvalue weighted by Gasteiger charge is -2.28. The maximum absolute atomic E-state index is 9.93. The van der Waals surface area contributed by atoms with E-state index in [-0.39, 0.29) is 13.4 Å². The van der Waals surface area contributed by atoms with E-state index in [9.17, 15) is 4.79 Å². The number of carbonyl (C=O) groups excluding carboxylic acids is 1. The summed E-state index contributed by atoms with van der Waals surface area (Å²) in [4.78, 5) is 15.9. The molecule has 1 aromatic carbocycles. The molecule has 0 atom stereocenters. The predicted molar refractivity (Wildman–Crippen MR) is 122 cm³/mol. The van der Waals surface area contributed by atoms with Gasteiger partial charge in [-0.05, 0) is 63.5 Å². The van der Waals surface area contributed by atoms with E-state index in [1.54, 1.807) is 0 Å². The molecule has 1 heterocycles. The molecule has 1 fully saturated rings.